The third kappa shape index (κ3) is 2.15. The van der Waals surface area contributed by atoms with Gasteiger partial charge in [0.25, 0.3) is 0 Å². The summed E-state index contributed by atoms with van der Waals surface area (Å²) in [6.07, 6.45) is 3.90. The van der Waals surface area contributed by atoms with Crippen molar-refractivity contribution in [2.24, 2.45) is 0 Å². The molecule has 78 valence electrons. The van der Waals surface area contributed by atoms with E-state index in [1.807, 2.05) is 0 Å². The summed E-state index contributed by atoms with van der Waals surface area (Å²) in [7, 11) is 0. The van der Waals surface area contributed by atoms with Gasteiger partial charge < -0.3 is 5.32 Å². The molecule has 14 heavy (non-hydrogen) atoms. The van der Waals surface area contributed by atoms with Gasteiger partial charge in [0.1, 0.15) is 0 Å². The summed E-state index contributed by atoms with van der Waals surface area (Å²) < 4.78 is 0. The van der Waals surface area contributed by atoms with Crippen molar-refractivity contribution < 1.29 is 0 Å². The van der Waals surface area contributed by atoms with Gasteiger partial charge in [0.15, 0.2) is 0 Å². The molecule has 1 fully saturated rings. The fourth-order valence-electron chi connectivity index (χ4n) is 2.29. The van der Waals surface area contributed by atoms with Crippen molar-refractivity contribution in [2.75, 3.05) is 6.54 Å². The van der Waals surface area contributed by atoms with Gasteiger partial charge in [-0.15, -0.1) is 11.3 Å². The number of aryl methyl sites for hydroxylation is 1. The van der Waals surface area contributed by atoms with Crippen LogP contribution in [0.15, 0.2) is 5.38 Å². The van der Waals surface area contributed by atoms with Crippen LogP contribution < -0.4 is 5.32 Å². The first-order valence-electron chi connectivity index (χ1n) is 5.45. The lowest BCUT2D eigenvalue weighted by Gasteiger charge is -2.10. The average Bonchev–Trinajstić information content (AvgIpc) is 2.74. The van der Waals surface area contributed by atoms with Crippen molar-refractivity contribution in [3.63, 3.8) is 0 Å². The summed E-state index contributed by atoms with van der Waals surface area (Å²) in [4.78, 5) is 4.58. The van der Waals surface area contributed by atoms with E-state index < -0.39 is 0 Å². The van der Waals surface area contributed by atoms with E-state index in [1.165, 1.54) is 30.0 Å². The van der Waals surface area contributed by atoms with Gasteiger partial charge in [-0.2, -0.15) is 0 Å². The summed E-state index contributed by atoms with van der Waals surface area (Å²) in [5, 5.41) is 6.96. The monoisotopic (exact) mass is 210 g/mol. The second-order valence-electron chi connectivity index (χ2n) is 4.06. The van der Waals surface area contributed by atoms with Crippen LogP contribution in [-0.2, 0) is 0 Å². The quantitative estimate of drug-likeness (QED) is 0.829. The maximum atomic E-state index is 4.58. The van der Waals surface area contributed by atoms with Crippen molar-refractivity contribution in [1.29, 1.82) is 0 Å². The van der Waals surface area contributed by atoms with Gasteiger partial charge in [-0.25, -0.2) is 4.98 Å². The predicted octanol–water partition coefficient (Wildman–Crippen LogP) is 2.70. The van der Waals surface area contributed by atoms with Crippen LogP contribution in [0.1, 0.15) is 42.8 Å². The van der Waals surface area contributed by atoms with Crippen LogP contribution in [0.5, 0.6) is 0 Å². The second kappa shape index (κ2) is 4.41. The van der Waals surface area contributed by atoms with Crippen molar-refractivity contribution in [1.82, 2.24) is 10.3 Å². The number of hydrogen-bond donors (Lipinski definition) is 1. The molecule has 0 aliphatic heterocycles. The summed E-state index contributed by atoms with van der Waals surface area (Å²) in [5.41, 5.74) is 1.33. The van der Waals surface area contributed by atoms with Crippen LogP contribution in [0, 0.1) is 6.92 Å². The molecule has 0 aromatic carbocycles. The van der Waals surface area contributed by atoms with Crippen LogP contribution in [0.2, 0.25) is 0 Å². The van der Waals surface area contributed by atoms with Crippen molar-refractivity contribution in [3.05, 3.63) is 16.1 Å². The Hall–Kier alpha value is -0.410. The Morgan fingerprint density at radius 3 is 3.07 bits per heavy atom. The minimum absolute atomic E-state index is 0.712. The zero-order valence-electron chi connectivity index (χ0n) is 8.92. The SMILES string of the molecule is CCNC1CCC(c2csc(C)n2)C1. The lowest BCUT2D eigenvalue weighted by molar-refractivity contribution is 0.533. The first-order chi connectivity index (χ1) is 6.79. The smallest absolute Gasteiger partial charge is 0.0897 e. The van der Waals surface area contributed by atoms with Crippen LogP contribution in [0.3, 0.4) is 0 Å². The summed E-state index contributed by atoms with van der Waals surface area (Å²) in [6.45, 7) is 5.36. The normalized spacial score (nSPS) is 27.0. The highest BCUT2D eigenvalue weighted by Gasteiger charge is 2.26. The van der Waals surface area contributed by atoms with Gasteiger partial charge in [0.05, 0.1) is 10.7 Å². The molecule has 1 heterocycles. The standard InChI is InChI=1S/C11H18N2S/c1-3-12-10-5-4-9(6-10)11-7-14-8(2)13-11/h7,9-10,12H,3-6H2,1-2H3. The minimum atomic E-state index is 0.712. The highest BCUT2D eigenvalue weighted by atomic mass is 32.1. The molecule has 1 N–H and O–H groups in total. The molecule has 2 atom stereocenters. The van der Waals surface area contributed by atoms with E-state index in [9.17, 15) is 0 Å². The molecule has 2 unspecified atom stereocenters. The minimum Gasteiger partial charge on any atom is -0.314 e. The van der Waals surface area contributed by atoms with Gasteiger partial charge in [0.2, 0.25) is 0 Å². The molecule has 1 aromatic rings. The number of thiazole rings is 1. The second-order valence-corrected chi connectivity index (χ2v) is 5.12. The van der Waals surface area contributed by atoms with E-state index in [4.69, 9.17) is 0 Å². The molecular weight excluding hydrogens is 192 g/mol. The molecule has 2 rings (SSSR count). The van der Waals surface area contributed by atoms with Crippen molar-refractivity contribution in [2.45, 2.75) is 45.1 Å². The summed E-state index contributed by atoms with van der Waals surface area (Å²) in [6, 6.07) is 0.729. The third-order valence-corrected chi connectivity index (χ3v) is 3.77. The maximum Gasteiger partial charge on any atom is 0.0897 e. The molecule has 0 radical (unpaired) electrons. The molecule has 1 aromatic heterocycles. The number of nitrogens with one attached hydrogen (secondary N) is 1. The van der Waals surface area contributed by atoms with Gasteiger partial charge >= 0.3 is 0 Å². The van der Waals surface area contributed by atoms with E-state index in [0.717, 1.165) is 12.6 Å². The van der Waals surface area contributed by atoms with Gasteiger partial charge in [-0.05, 0) is 32.7 Å². The zero-order chi connectivity index (χ0) is 9.97. The number of aromatic nitrogens is 1. The van der Waals surface area contributed by atoms with Crippen LogP contribution >= 0.6 is 11.3 Å². The number of rotatable bonds is 3. The van der Waals surface area contributed by atoms with Crippen molar-refractivity contribution in [3.8, 4) is 0 Å². The first kappa shape index (κ1) is 10.1. The molecule has 1 saturated carbocycles. The Kier molecular flexibility index (Phi) is 3.19. The Balaban J connectivity index is 1.95. The molecule has 3 heteroatoms. The molecular formula is C11H18N2S. The molecule has 2 nitrogen and oxygen atoms in total. The molecule has 0 amide bonds. The predicted molar refractivity (Wildman–Crippen MR) is 60.9 cm³/mol. The molecule has 1 aliphatic carbocycles. The van der Waals surface area contributed by atoms with Gasteiger partial charge in [0, 0.05) is 17.3 Å². The lowest BCUT2D eigenvalue weighted by Crippen LogP contribution is -2.25. The molecule has 0 bridgehead atoms. The van der Waals surface area contributed by atoms with E-state index in [-0.39, 0.29) is 0 Å². The van der Waals surface area contributed by atoms with Crippen LogP contribution in [0.25, 0.3) is 0 Å². The Morgan fingerprint density at radius 1 is 1.57 bits per heavy atom. The molecule has 0 saturated heterocycles. The Bertz CT molecular complexity index is 295. The Labute approximate surface area is 89.8 Å². The van der Waals surface area contributed by atoms with Gasteiger partial charge in [-0.3, -0.25) is 0 Å². The first-order valence-corrected chi connectivity index (χ1v) is 6.33. The zero-order valence-corrected chi connectivity index (χ0v) is 9.73. The lowest BCUT2D eigenvalue weighted by atomic mass is 10.1. The largest absolute Gasteiger partial charge is 0.314 e. The number of hydrogen-bond acceptors (Lipinski definition) is 3. The van der Waals surface area contributed by atoms with Crippen LogP contribution in [0.4, 0.5) is 0 Å². The Morgan fingerprint density at radius 2 is 2.43 bits per heavy atom. The summed E-state index contributed by atoms with van der Waals surface area (Å²) >= 11 is 1.77. The van der Waals surface area contributed by atoms with E-state index in [0.29, 0.717) is 5.92 Å². The maximum absolute atomic E-state index is 4.58. The molecule has 0 spiro atoms. The fourth-order valence-corrected chi connectivity index (χ4v) is 2.99. The third-order valence-electron chi connectivity index (χ3n) is 2.98. The van der Waals surface area contributed by atoms with E-state index in [2.05, 4.69) is 29.5 Å². The highest BCUT2D eigenvalue weighted by Crippen LogP contribution is 2.34. The van der Waals surface area contributed by atoms with E-state index in [1.54, 1.807) is 11.3 Å². The fraction of sp³-hybridized carbons (Fsp3) is 0.727. The topological polar surface area (TPSA) is 24.9 Å². The summed E-state index contributed by atoms with van der Waals surface area (Å²) in [5.74, 6) is 0.712. The molecule has 1 aliphatic rings. The average molecular weight is 210 g/mol. The van der Waals surface area contributed by atoms with Crippen molar-refractivity contribution >= 4 is 11.3 Å². The number of nitrogens with zero attached hydrogens (tertiary/aromatic N) is 1. The van der Waals surface area contributed by atoms with E-state index >= 15 is 0 Å². The highest BCUT2D eigenvalue weighted by molar-refractivity contribution is 7.09. The van der Waals surface area contributed by atoms with Gasteiger partial charge in [-0.1, -0.05) is 6.92 Å². The van der Waals surface area contributed by atoms with Crippen LogP contribution in [-0.4, -0.2) is 17.6 Å².